The standard InChI is InChI=1S/C12H22O2/c1-2-3-4-5-6-7-11-8-9-12(10-13)14-11/h10-12H,2-9H2,1H3/t11-,12+/m1/s1. The fourth-order valence-electron chi connectivity index (χ4n) is 2.02. The number of aldehydes is 1. The molecule has 1 heterocycles. The van der Waals surface area contributed by atoms with Crippen LogP contribution in [-0.2, 0) is 9.53 Å². The van der Waals surface area contributed by atoms with E-state index in [-0.39, 0.29) is 6.10 Å². The molecule has 0 aromatic heterocycles. The van der Waals surface area contributed by atoms with Gasteiger partial charge in [0.2, 0.25) is 0 Å². The summed E-state index contributed by atoms with van der Waals surface area (Å²) < 4.78 is 5.55. The molecule has 0 aromatic carbocycles. The third-order valence-corrected chi connectivity index (χ3v) is 2.92. The van der Waals surface area contributed by atoms with E-state index in [0.29, 0.717) is 6.10 Å². The molecule has 0 aromatic rings. The van der Waals surface area contributed by atoms with Gasteiger partial charge in [0.05, 0.1) is 6.10 Å². The van der Waals surface area contributed by atoms with Crippen LogP contribution in [0.2, 0.25) is 0 Å². The molecule has 2 nitrogen and oxygen atoms in total. The molecule has 0 N–H and O–H groups in total. The maximum atomic E-state index is 10.4. The van der Waals surface area contributed by atoms with Gasteiger partial charge in [0.25, 0.3) is 0 Å². The minimum Gasteiger partial charge on any atom is -0.368 e. The second-order valence-corrected chi connectivity index (χ2v) is 4.21. The molecule has 1 fully saturated rings. The third kappa shape index (κ3) is 4.23. The van der Waals surface area contributed by atoms with Crippen molar-refractivity contribution < 1.29 is 9.53 Å². The van der Waals surface area contributed by atoms with Crippen LogP contribution in [0.25, 0.3) is 0 Å². The molecule has 0 radical (unpaired) electrons. The summed E-state index contributed by atoms with van der Waals surface area (Å²) in [5.74, 6) is 0. The van der Waals surface area contributed by atoms with Crippen molar-refractivity contribution in [3.8, 4) is 0 Å². The summed E-state index contributed by atoms with van der Waals surface area (Å²) >= 11 is 0. The van der Waals surface area contributed by atoms with Gasteiger partial charge in [0, 0.05) is 0 Å². The first-order valence-corrected chi connectivity index (χ1v) is 5.97. The van der Waals surface area contributed by atoms with Crippen LogP contribution in [0.1, 0.15) is 58.3 Å². The Morgan fingerprint density at radius 2 is 2.00 bits per heavy atom. The van der Waals surface area contributed by atoms with Gasteiger partial charge in [-0.1, -0.05) is 39.0 Å². The zero-order valence-electron chi connectivity index (χ0n) is 9.21. The lowest BCUT2D eigenvalue weighted by Crippen LogP contribution is -2.11. The van der Waals surface area contributed by atoms with E-state index in [1.807, 2.05) is 0 Å². The van der Waals surface area contributed by atoms with Crippen LogP contribution in [0.3, 0.4) is 0 Å². The van der Waals surface area contributed by atoms with Crippen LogP contribution < -0.4 is 0 Å². The lowest BCUT2D eigenvalue weighted by atomic mass is 10.1. The zero-order chi connectivity index (χ0) is 10.2. The second-order valence-electron chi connectivity index (χ2n) is 4.21. The quantitative estimate of drug-likeness (QED) is 0.464. The van der Waals surface area contributed by atoms with E-state index in [4.69, 9.17) is 4.74 Å². The topological polar surface area (TPSA) is 26.3 Å². The molecule has 1 saturated heterocycles. The zero-order valence-corrected chi connectivity index (χ0v) is 9.21. The van der Waals surface area contributed by atoms with E-state index < -0.39 is 0 Å². The normalized spacial score (nSPS) is 26.6. The van der Waals surface area contributed by atoms with Gasteiger partial charge in [-0.25, -0.2) is 0 Å². The average Bonchev–Trinajstić information content (AvgIpc) is 2.65. The predicted molar refractivity (Wildman–Crippen MR) is 57.3 cm³/mol. The van der Waals surface area contributed by atoms with Crippen molar-refractivity contribution in [3.05, 3.63) is 0 Å². The maximum Gasteiger partial charge on any atom is 0.148 e. The Kier molecular flexibility index (Phi) is 5.85. The highest BCUT2D eigenvalue weighted by atomic mass is 16.5. The number of ether oxygens (including phenoxy) is 1. The summed E-state index contributed by atoms with van der Waals surface area (Å²) in [5, 5.41) is 0. The third-order valence-electron chi connectivity index (χ3n) is 2.92. The summed E-state index contributed by atoms with van der Waals surface area (Å²) in [4.78, 5) is 10.4. The molecule has 0 saturated carbocycles. The van der Waals surface area contributed by atoms with Crippen molar-refractivity contribution in [2.75, 3.05) is 0 Å². The van der Waals surface area contributed by atoms with Crippen LogP contribution in [0, 0.1) is 0 Å². The van der Waals surface area contributed by atoms with Crippen LogP contribution in [0.4, 0.5) is 0 Å². The SMILES string of the molecule is CCCCCCC[C@@H]1CC[C@@H](C=O)O1. The van der Waals surface area contributed by atoms with E-state index >= 15 is 0 Å². The number of unbranched alkanes of at least 4 members (excludes halogenated alkanes) is 4. The highest BCUT2D eigenvalue weighted by Gasteiger charge is 2.23. The van der Waals surface area contributed by atoms with Crippen molar-refractivity contribution in [3.63, 3.8) is 0 Å². The first-order chi connectivity index (χ1) is 6.86. The highest BCUT2D eigenvalue weighted by molar-refractivity contribution is 5.56. The molecule has 1 aliphatic heterocycles. The molecule has 82 valence electrons. The Labute approximate surface area is 87.0 Å². The van der Waals surface area contributed by atoms with Crippen molar-refractivity contribution in [2.24, 2.45) is 0 Å². The Hall–Kier alpha value is -0.370. The van der Waals surface area contributed by atoms with Gasteiger partial charge in [-0.15, -0.1) is 0 Å². The van der Waals surface area contributed by atoms with Crippen LogP contribution >= 0.6 is 0 Å². The fourth-order valence-corrected chi connectivity index (χ4v) is 2.02. The monoisotopic (exact) mass is 198 g/mol. The van der Waals surface area contributed by atoms with Gasteiger partial charge in [0.1, 0.15) is 12.4 Å². The number of rotatable bonds is 7. The van der Waals surface area contributed by atoms with E-state index in [0.717, 1.165) is 25.5 Å². The first-order valence-electron chi connectivity index (χ1n) is 5.97. The molecule has 0 bridgehead atoms. The molecule has 0 unspecified atom stereocenters. The smallest absolute Gasteiger partial charge is 0.148 e. The minimum absolute atomic E-state index is 0.101. The largest absolute Gasteiger partial charge is 0.368 e. The molecule has 0 amide bonds. The number of hydrogen-bond donors (Lipinski definition) is 0. The maximum absolute atomic E-state index is 10.4. The molecule has 0 spiro atoms. The molecule has 1 rings (SSSR count). The molecule has 0 aliphatic carbocycles. The van der Waals surface area contributed by atoms with Crippen molar-refractivity contribution in [2.45, 2.75) is 70.5 Å². The molecule has 14 heavy (non-hydrogen) atoms. The Bertz CT molecular complexity index is 156. The van der Waals surface area contributed by atoms with Gasteiger partial charge in [-0.3, -0.25) is 0 Å². The Morgan fingerprint density at radius 1 is 1.21 bits per heavy atom. The van der Waals surface area contributed by atoms with Crippen molar-refractivity contribution in [1.82, 2.24) is 0 Å². The highest BCUT2D eigenvalue weighted by Crippen LogP contribution is 2.22. The predicted octanol–water partition coefficient (Wildman–Crippen LogP) is 3.09. The fraction of sp³-hybridized carbons (Fsp3) is 0.917. The van der Waals surface area contributed by atoms with E-state index in [1.54, 1.807) is 0 Å². The van der Waals surface area contributed by atoms with Crippen LogP contribution in [-0.4, -0.2) is 18.5 Å². The van der Waals surface area contributed by atoms with Gasteiger partial charge in [-0.05, 0) is 19.3 Å². The van der Waals surface area contributed by atoms with Gasteiger partial charge >= 0.3 is 0 Å². The average molecular weight is 198 g/mol. The lowest BCUT2D eigenvalue weighted by Gasteiger charge is -2.09. The Balaban J connectivity index is 1.95. The molecule has 1 aliphatic rings. The number of hydrogen-bond acceptors (Lipinski definition) is 2. The summed E-state index contributed by atoms with van der Waals surface area (Å²) in [7, 11) is 0. The number of carbonyl (C=O) groups is 1. The van der Waals surface area contributed by atoms with Crippen molar-refractivity contribution in [1.29, 1.82) is 0 Å². The molecular weight excluding hydrogens is 176 g/mol. The summed E-state index contributed by atoms with van der Waals surface area (Å²) in [6.07, 6.45) is 10.9. The summed E-state index contributed by atoms with van der Waals surface area (Å²) in [6.45, 7) is 2.23. The molecular formula is C12H22O2. The van der Waals surface area contributed by atoms with Gasteiger partial charge < -0.3 is 9.53 Å². The minimum atomic E-state index is -0.101. The summed E-state index contributed by atoms with van der Waals surface area (Å²) in [6, 6.07) is 0. The lowest BCUT2D eigenvalue weighted by molar-refractivity contribution is -0.117. The van der Waals surface area contributed by atoms with Gasteiger partial charge in [0.15, 0.2) is 0 Å². The number of carbonyl (C=O) groups excluding carboxylic acids is 1. The van der Waals surface area contributed by atoms with Crippen LogP contribution in [0.5, 0.6) is 0 Å². The Morgan fingerprint density at radius 3 is 2.64 bits per heavy atom. The van der Waals surface area contributed by atoms with Crippen LogP contribution in [0.15, 0.2) is 0 Å². The van der Waals surface area contributed by atoms with E-state index in [1.165, 1.54) is 32.1 Å². The van der Waals surface area contributed by atoms with E-state index in [9.17, 15) is 4.79 Å². The van der Waals surface area contributed by atoms with Gasteiger partial charge in [-0.2, -0.15) is 0 Å². The van der Waals surface area contributed by atoms with E-state index in [2.05, 4.69) is 6.92 Å². The second kappa shape index (κ2) is 6.99. The molecule has 2 atom stereocenters. The first kappa shape index (κ1) is 11.7. The molecule has 2 heteroatoms. The van der Waals surface area contributed by atoms with Crippen molar-refractivity contribution >= 4 is 6.29 Å². The summed E-state index contributed by atoms with van der Waals surface area (Å²) in [5.41, 5.74) is 0.